The van der Waals surface area contributed by atoms with Crippen LogP contribution in [0.3, 0.4) is 0 Å². The summed E-state index contributed by atoms with van der Waals surface area (Å²) in [6, 6.07) is 21.4. The van der Waals surface area contributed by atoms with Crippen LogP contribution >= 0.6 is 0 Å². The van der Waals surface area contributed by atoms with E-state index in [0.717, 1.165) is 11.3 Å². The lowest BCUT2D eigenvalue weighted by molar-refractivity contribution is 0.102. The SMILES string of the molecule is Cc1ccc(NC(=O)c2nn(-c3ccccc3)c(=O)c3ccccc23)cc1-n1nnnc1C. The van der Waals surface area contributed by atoms with Crippen LogP contribution in [-0.2, 0) is 0 Å². The minimum atomic E-state index is -0.431. The van der Waals surface area contributed by atoms with Crippen LogP contribution in [-0.4, -0.2) is 35.9 Å². The lowest BCUT2D eigenvalue weighted by Crippen LogP contribution is -2.26. The summed E-state index contributed by atoms with van der Waals surface area (Å²) in [5.41, 5.74) is 2.69. The van der Waals surface area contributed by atoms with Crippen molar-refractivity contribution in [3.05, 3.63) is 100 Å². The fraction of sp³-hybridized carbons (Fsp3) is 0.0833. The number of tetrazole rings is 1. The molecule has 1 amide bonds. The third-order valence-corrected chi connectivity index (χ3v) is 5.34. The Morgan fingerprint density at radius 1 is 0.879 bits per heavy atom. The van der Waals surface area contributed by atoms with Gasteiger partial charge in [-0.2, -0.15) is 14.5 Å². The molecule has 0 aliphatic heterocycles. The van der Waals surface area contributed by atoms with Gasteiger partial charge in [0.05, 0.1) is 16.8 Å². The predicted octanol–water partition coefficient (Wildman–Crippen LogP) is 3.23. The molecule has 0 aliphatic carbocycles. The van der Waals surface area contributed by atoms with Gasteiger partial charge in [0, 0.05) is 11.1 Å². The molecule has 3 aromatic carbocycles. The number of amides is 1. The fourth-order valence-electron chi connectivity index (χ4n) is 3.66. The van der Waals surface area contributed by atoms with Gasteiger partial charge < -0.3 is 5.32 Å². The van der Waals surface area contributed by atoms with Crippen molar-refractivity contribution in [2.45, 2.75) is 13.8 Å². The van der Waals surface area contributed by atoms with E-state index >= 15 is 0 Å². The highest BCUT2D eigenvalue weighted by Crippen LogP contribution is 2.21. The highest BCUT2D eigenvalue weighted by atomic mass is 16.2. The molecule has 0 unspecified atom stereocenters. The molecule has 0 saturated carbocycles. The first kappa shape index (κ1) is 20.3. The number of anilines is 1. The average molecular weight is 437 g/mol. The number of para-hydroxylation sites is 1. The van der Waals surface area contributed by atoms with Crippen molar-refractivity contribution in [1.29, 1.82) is 0 Å². The van der Waals surface area contributed by atoms with Gasteiger partial charge in [0.25, 0.3) is 11.5 Å². The number of carbonyl (C=O) groups excluding carboxylic acids is 1. The van der Waals surface area contributed by atoms with Gasteiger partial charge >= 0.3 is 0 Å². The van der Waals surface area contributed by atoms with E-state index in [-0.39, 0.29) is 11.3 Å². The van der Waals surface area contributed by atoms with Gasteiger partial charge in [-0.1, -0.05) is 42.5 Å². The Morgan fingerprint density at radius 2 is 1.61 bits per heavy atom. The Balaban J connectivity index is 1.59. The van der Waals surface area contributed by atoms with Crippen LogP contribution < -0.4 is 10.9 Å². The molecule has 0 fully saturated rings. The number of fused-ring (bicyclic) bond motifs is 1. The quantitative estimate of drug-likeness (QED) is 0.463. The molecule has 0 bridgehead atoms. The highest BCUT2D eigenvalue weighted by molar-refractivity contribution is 6.11. The zero-order valence-electron chi connectivity index (χ0n) is 17.9. The standard InChI is InChI=1S/C24H19N7O2/c1-15-12-13-17(14-21(15)30-16(2)26-28-29-30)25-23(32)22-19-10-6-7-11-20(19)24(33)31(27-22)18-8-4-3-5-9-18/h3-14H,1-2H3,(H,25,32). The zero-order valence-corrected chi connectivity index (χ0v) is 17.9. The Kier molecular flexibility index (Phi) is 4.98. The molecule has 1 N–H and O–H groups in total. The smallest absolute Gasteiger partial charge is 0.279 e. The lowest BCUT2D eigenvalue weighted by atomic mass is 10.1. The van der Waals surface area contributed by atoms with E-state index in [1.165, 1.54) is 4.68 Å². The van der Waals surface area contributed by atoms with Gasteiger partial charge in [0.1, 0.15) is 0 Å². The number of carbonyl (C=O) groups is 1. The molecule has 0 atom stereocenters. The molecule has 33 heavy (non-hydrogen) atoms. The summed E-state index contributed by atoms with van der Waals surface area (Å²) in [6.07, 6.45) is 0. The number of rotatable bonds is 4. The van der Waals surface area contributed by atoms with Gasteiger partial charge in [-0.05, 0) is 60.2 Å². The summed E-state index contributed by atoms with van der Waals surface area (Å²) >= 11 is 0. The van der Waals surface area contributed by atoms with Crippen LogP contribution in [0.4, 0.5) is 5.69 Å². The van der Waals surface area contributed by atoms with Gasteiger partial charge in [0.15, 0.2) is 11.5 Å². The van der Waals surface area contributed by atoms with Crippen LogP contribution in [0, 0.1) is 13.8 Å². The van der Waals surface area contributed by atoms with Gasteiger partial charge in [-0.25, -0.2) is 0 Å². The molecule has 0 saturated heterocycles. The Labute approximate surface area is 188 Å². The van der Waals surface area contributed by atoms with Crippen LogP contribution in [0.5, 0.6) is 0 Å². The third-order valence-electron chi connectivity index (χ3n) is 5.34. The normalized spacial score (nSPS) is 11.0. The van der Waals surface area contributed by atoms with E-state index in [1.54, 1.807) is 60.1 Å². The molecular formula is C24H19N7O2. The maximum Gasteiger partial charge on any atom is 0.279 e. The van der Waals surface area contributed by atoms with Crippen molar-refractivity contribution < 1.29 is 4.79 Å². The maximum absolute atomic E-state index is 13.3. The Morgan fingerprint density at radius 3 is 2.33 bits per heavy atom. The number of aromatic nitrogens is 6. The van der Waals surface area contributed by atoms with Gasteiger partial charge in [-0.3, -0.25) is 9.59 Å². The molecule has 2 aromatic heterocycles. The zero-order chi connectivity index (χ0) is 22.9. The summed E-state index contributed by atoms with van der Waals surface area (Å²) in [5, 5.41) is 19.8. The molecule has 5 rings (SSSR count). The summed E-state index contributed by atoms with van der Waals surface area (Å²) in [5.74, 6) is 0.197. The number of hydrogen-bond donors (Lipinski definition) is 1. The minimum absolute atomic E-state index is 0.148. The molecule has 2 heterocycles. The second-order valence-electron chi connectivity index (χ2n) is 7.54. The molecule has 9 nitrogen and oxygen atoms in total. The van der Waals surface area contributed by atoms with Crippen LogP contribution in [0.2, 0.25) is 0 Å². The first-order valence-corrected chi connectivity index (χ1v) is 10.3. The summed E-state index contributed by atoms with van der Waals surface area (Å²) < 4.78 is 2.86. The molecule has 162 valence electrons. The number of hydrogen-bond acceptors (Lipinski definition) is 6. The summed E-state index contributed by atoms with van der Waals surface area (Å²) in [6.45, 7) is 3.74. The monoisotopic (exact) mass is 437 g/mol. The topological polar surface area (TPSA) is 108 Å². The lowest BCUT2D eigenvalue weighted by Gasteiger charge is -2.13. The Bertz CT molecular complexity index is 1550. The van der Waals surface area contributed by atoms with Crippen molar-refractivity contribution in [3.8, 4) is 11.4 Å². The van der Waals surface area contributed by atoms with Crippen molar-refractivity contribution in [3.63, 3.8) is 0 Å². The van der Waals surface area contributed by atoms with Gasteiger partial charge in [-0.15, -0.1) is 5.10 Å². The molecular weight excluding hydrogens is 418 g/mol. The predicted molar refractivity (Wildman–Crippen MR) is 124 cm³/mol. The third kappa shape index (κ3) is 3.65. The van der Waals surface area contributed by atoms with E-state index < -0.39 is 5.91 Å². The molecule has 0 spiro atoms. The maximum atomic E-state index is 13.3. The van der Waals surface area contributed by atoms with Crippen molar-refractivity contribution >= 4 is 22.4 Å². The van der Waals surface area contributed by atoms with E-state index in [0.29, 0.717) is 28.0 Å². The van der Waals surface area contributed by atoms with Crippen LogP contribution in [0.15, 0.2) is 77.6 Å². The Hall–Kier alpha value is -4.66. The first-order chi connectivity index (χ1) is 16.0. The number of nitrogens with one attached hydrogen (secondary N) is 1. The van der Waals surface area contributed by atoms with Crippen LogP contribution in [0.25, 0.3) is 22.1 Å². The second kappa shape index (κ2) is 8.12. The van der Waals surface area contributed by atoms with Crippen molar-refractivity contribution in [1.82, 2.24) is 30.0 Å². The number of benzene rings is 3. The largest absolute Gasteiger partial charge is 0.321 e. The van der Waals surface area contributed by atoms with E-state index in [9.17, 15) is 9.59 Å². The van der Waals surface area contributed by atoms with Crippen molar-refractivity contribution in [2.75, 3.05) is 5.32 Å². The average Bonchev–Trinajstić information content (AvgIpc) is 3.27. The highest BCUT2D eigenvalue weighted by Gasteiger charge is 2.18. The van der Waals surface area contributed by atoms with E-state index in [4.69, 9.17) is 0 Å². The van der Waals surface area contributed by atoms with E-state index in [1.807, 2.05) is 31.2 Å². The van der Waals surface area contributed by atoms with Gasteiger partial charge in [0.2, 0.25) is 0 Å². The number of aryl methyl sites for hydroxylation is 2. The second-order valence-corrected chi connectivity index (χ2v) is 7.54. The molecule has 5 aromatic rings. The number of nitrogens with zero attached hydrogens (tertiary/aromatic N) is 6. The van der Waals surface area contributed by atoms with E-state index in [2.05, 4.69) is 25.9 Å². The molecule has 9 heteroatoms. The molecule has 0 aliphatic rings. The summed E-state index contributed by atoms with van der Waals surface area (Å²) in [4.78, 5) is 26.4. The van der Waals surface area contributed by atoms with Crippen LogP contribution in [0.1, 0.15) is 21.9 Å². The van der Waals surface area contributed by atoms with Crippen molar-refractivity contribution in [2.24, 2.45) is 0 Å². The fourth-order valence-corrected chi connectivity index (χ4v) is 3.66. The summed E-state index contributed by atoms with van der Waals surface area (Å²) in [7, 11) is 0. The molecule has 0 radical (unpaired) electrons. The first-order valence-electron chi connectivity index (χ1n) is 10.3. The minimum Gasteiger partial charge on any atom is -0.321 e.